The van der Waals surface area contributed by atoms with Gasteiger partial charge in [0.25, 0.3) is 0 Å². The lowest BCUT2D eigenvalue weighted by molar-refractivity contribution is 0.217. The molecule has 1 heterocycles. The van der Waals surface area contributed by atoms with E-state index in [2.05, 4.69) is 41.0 Å². The first-order valence-corrected chi connectivity index (χ1v) is 10.2. The highest BCUT2D eigenvalue weighted by atomic mass is 16.5. The van der Waals surface area contributed by atoms with Crippen LogP contribution < -0.4 is 15.4 Å². The van der Waals surface area contributed by atoms with Gasteiger partial charge in [0.05, 0.1) is 7.11 Å². The highest BCUT2D eigenvalue weighted by Gasteiger charge is 2.42. The molecule has 5 nitrogen and oxygen atoms in total. The number of rotatable bonds is 6. The van der Waals surface area contributed by atoms with Crippen LogP contribution in [0.3, 0.4) is 0 Å². The molecule has 2 unspecified atom stereocenters. The summed E-state index contributed by atoms with van der Waals surface area (Å²) in [7, 11) is 1.63. The predicted molar refractivity (Wildman–Crippen MR) is 111 cm³/mol. The number of nitrogens with one attached hydrogen (secondary N) is 2. The third-order valence-corrected chi connectivity index (χ3v) is 6.06. The summed E-state index contributed by atoms with van der Waals surface area (Å²) < 4.78 is 5.22. The van der Waals surface area contributed by atoms with E-state index in [1.54, 1.807) is 7.11 Å². The zero-order valence-corrected chi connectivity index (χ0v) is 16.4. The molecule has 0 bridgehead atoms. The Labute approximate surface area is 167 Å². The molecule has 2 aromatic rings. The normalized spacial score (nSPS) is 23.5. The number of hydrogen-bond acceptors (Lipinski definition) is 3. The zero-order chi connectivity index (χ0) is 19.3. The highest BCUT2D eigenvalue weighted by molar-refractivity contribution is 5.89. The quantitative estimate of drug-likeness (QED) is 0.798. The fourth-order valence-corrected chi connectivity index (χ4v) is 4.68. The van der Waals surface area contributed by atoms with E-state index in [0.717, 1.165) is 43.5 Å². The summed E-state index contributed by atoms with van der Waals surface area (Å²) in [5.41, 5.74) is 2.12. The van der Waals surface area contributed by atoms with Gasteiger partial charge in [0.2, 0.25) is 0 Å². The van der Waals surface area contributed by atoms with E-state index in [9.17, 15) is 4.79 Å². The largest absolute Gasteiger partial charge is 0.497 e. The number of anilines is 1. The van der Waals surface area contributed by atoms with Crippen molar-refractivity contribution in [3.63, 3.8) is 0 Å². The van der Waals surface area contributed by atoms with Gasteiger partial charge in [0.1, 0.15) is 5.75 Å². The molecular weight excluding hydrogens is 350 g/mol. The molecular formula is C23H29N3O2. The number of nitrogens with zero attached hydrogens (tertiary/aromatic N) is 1. The first-order chi connectivity index (χ1) is 13.7. The van der Waals surface area contributed by atoms with Gasteiger partial charge in [-0.25, -0.2) is 4.79 Å². The van der Waals surface area contributed by atoms with Gasteiger partial charge < -0.3 is 20.3 Å². The van der Waals surface area contributed by atoms with Gasteiger partial charge in [-0.3, -0.25) is 0 Å². The number of carbonyl (C=O) groups excluding carboxylic acids is 1. The van der Waals surface area contributed by atoms with E-state index in [4.69, 9.17) is 4.74 Å². The molecule has 28 heavy (non-hydrogen) atoms. The van der Waals surface area contributed by atoms with Gasteiger partial charge in [-0.05, 0) is 54.8 Å². The van der Waals surface area contributed by atoms with Crippen molar-refractivity contribution in [2.75, 3.05) is 32.1 Å². The molecule has 5 heteroatoms. The minimum Gasteiger partial charge on any atom is -0.497 e. The van der Waals surface area contributed by atoms with Gasteiger partial charge in [0, 0.05) is 31.4 Å². The van der Waals surface area contributed by atoms with Crippen LogP contribution in [0.4, 0.5) is 10.5 Å². The van der Waals surface area contributed by atoms with Crippen LogP contribution in [0.2, 0.25) is 0 Å². The first-order valence-electron chi connectivity index (χ1n) is 10.2. The van der Waals surface area contributed by atoms with Crippen LogP contribution in [-0.2, 0) is 6.54 Å². The molecule has 2 fully saturated rings. The van der Waals surface area contributed by atoms with Crippen molar-refractivity contribution in [1.29, 1.82) is 0 Å². The highest BCUT2D eigenvalue weighted by Crippen LogP contribution is 2.41. The van der Waals surface area contributed by atoms with E-state index >= 15 is 0 Å². The van der Waals surface area contributed by atoms with Gasteiger partial charge in [-0.15, -0.1) is 0 Å². The molecule has 2 atom stereocenters. The Morgan fingerprint density at radius 2 is 1.82 bits per heavy atom. The van der Waals surface area contributed by atoms with Gasteiger partial charge in [-0.2, -0.15) is 0 Å². The third-order valence-electron chi connectivity index (χ3n) is 6.06. The number of carbonyl (C=O) groups is 1. The van der Waals surface area contributed by atoms with E-state index in [1.807, 2.05) is 29.2 Å². The summed E-state index contributed by atoms with van der Waals surface area (Å²) in [6, 6.07) is 18.1. The average Bonchev–Trinajstić information content (AvgIpc) is 3.28. The Morgan fingerprint density at radius 3 is 2.54 bits per heavy atom. The van der Waals surface area contributed by atoms with Crippen LogP contribution in [0.5, 0.6) is 5.75 Å². The lowest BCUT2D eigenvalue weighted by Crippen LogP contribution is -2.34. The average molecular weight is 380 g/mol. The maximum absolute atomic E-state index is 12.6. The van der Waals surface area contributed by atoms with E-state index < -0.39 is 0 Å². The summed E-state index contributed by atoms with van der Waals surface area (Å²) in [4.78, 5) is 14.6. The molecule has 2 amide bonds. The Morgan fingerprint density at radius 1 is 1.07 bits per heavy atom. The number of amides is 2. The van der Waals surface area contributed by atoms with E-state index in [0.29, 0.717) is 11.8 Å². The molecule has 1 aliphatic carbocycles. The second-order valence-electron chi connectivity index (χ2n) is 8.04. The van der Waals surface area contributed by atoms with Crippen LogP contribution in [0.25, 0.3) is 0 Å². The topological polar surface area (TPSA) is 53.6 Å². The van der Waals surface area contributed by atoms with E-state index in [1.165, 1.54) is 18.4 Å². The smallest absolute Gasteiger partial charge is 0.321 e. The number of urea groups is 1. The number of fused-ring (bicyclic) bond motifs is 1. The van der Waals surface area contributed by atoms with Crippen LogP contribution in [0, 0.1) is 17.8 Å². The molecule has 0 radical (unpaired) electrons. The molecule has 1 aliphatic heterocycles. The Balaban J connectivity index is 1.22. The number of ether oxygens (including phenoxy) is 1. The van der Waals surface area contributed by atoms with Gasteiger partial charge >= 0.3 is 6.03 Å². The molecule has 148 valence electrons. The maximum Gasteiger partial charge on any atom is 0.321 e. The molecule has 0 spiro atoms. The fraction of sp³-hybridized carbons (Fsp3) is 0.435. The summed E-state index contributed by atoms with van der Waals surface area (Å²) in [6.07, 6.45) is 2.44. The maximum atomic E-state index is 12.6. The summed E-state index contributed by atoms with van der Waals surface area (Å²) in [5.74, 6) is 2.75. The van der Waals surface area contributed by atoms with Crippen molar-refractivity contribution in [1.82, 2.24) is 10.2 Å². The molecule has 2 aromatic carbocycles. The molecule has 2 aliphatic rings. The monoisotopic (exact) mass is 379 g/mol. The van der Waals surface area contributed by atoms with Crippen molar-refractivity contribution in [3.05, 3.63) is 60.2 Å². The minimum absolute atomic E-state index is 0.00130. The Bertz CT molecular complexity index is 781. The van der Waals surface area contributed by atoms with Crippen LogP contribution >= 0.6 is 0 Å². The lowest BCUT2D eigenvalue weighted by atomic mass is 10.0. The molecule has 4 rings (SSSR count). The molecule has 2 N–H and O–H groups in total. The van der Waals surface area contributed by atoms with Crippen molar-refractivity contribution in [2.24, 2.45) is 17.8 Å². The van der Waals surface area contributed by atoms with Crippen LogP contribution in [0.15, 0.2) is 54.6 Å². The minimum atomic E-state index is 0.00130. The zero-order valence-electron chi connectivity index (χ0n) is 16.4. The second-order valence-corrected chi connectivity index (χ2v) is 8.04. The molecule has 1 saturated carbocycles. The summed E-state index contributed by atoms with van der Waals surface area (Å²) in [5, 5.41) is 6.61. The summed E-state index contributed by atoms with van der Waals surface area (Å²) >= 11 is 0. The predicted octanol–water partition coefficient (Wildman–Crippen LogP) is 3.97. The number of benzene rings is 2. The van der Waals surface area contributed by atoms with Crippen molar-refractivity contribution in [2.45, 2.75) is 19.4 Å². The standard InChI is InChI=1S/C23H29N3O2/c1-28-22-9-5-8-21(12-22)25-23(27)26-15-19-10-18(11-20(19)16-26)14-24-13-17-6-3-2-4-7-17/h2-9,12,18-20,24H,10-11,13-16H2,1H3,(H,25,27). The van der Waals surface area contributed by atoms with Gasteiger partial charge in [-0.1, -0.05) is 36.4 Å². The Hall–Kier alpha value is -2.53. The molecule has 0 aromatic heterocycles. The number of likely N-dealkylation sites (tertiary alicyclic amines) is 1. The van der Waals surface area contributed by atoms with Crippen molar-refractivity contribution < 1.29 is 9.53 Å². The van der Waals surface area contributed by atoms with Gasteiger partial charge in [0.15, 0.2) is 0 Å². The molecule has 1 saturated heterocycles. The number of methoxy groups -OCH3 is 1. The fourth-order valence-electron chi connectivity index (χ4n) is 4.68. The van der Waals surface area contributed by atoms with E-state index in [-0.39, 0.29) is 6.03 Å². The SMILES string of the molecule is COc1cccc(NC(=O)N2CC3CC(CNCc4ccccc4)CC3C2)c1. The van der Waals surface area contributed by atoms with Crippen LogP contribution in [-0.4, -0.2) is 37.7 Å². The summed E-state index contributed by atoms with van der Waals surface area (Å²) in [6.45, 7) is 3.74. The van der Waals surface area contributed by atoms with Crippen molar-refractivity contribution in [3.8, 4) is 5.75 Å². The lowest BCUT2D eigenvalue weighted by Gasteiger charge is -2.20. The third kappa shape index (κ3) is 4.47. The second kappa shape index (κ2) is 8.65. The first kappa shape index (κ1) is 18.8. The number of hydrogen-bond donors (Lipinski definition) is 2. The van der Waals surface area contributed by atoms with Crippen molar-refractivity contribution >= 4 is 11.7 Å². The Kier molecular flexibility index (Phi) is 5.81. The van der Waals surface area contributed by atoms with Crippen LogP contribution in [0.1, 0.15) is 18.4 Å².